The number of carbonyl (C=O) groups excluding carboxylic acids is 1. The van der Waals surface area contributed by atoms with Crippen LogP contribution in [-0.2, 0) is 4.79 Å². The predicted molar refractivity (Wildman–Crippen MR) is 73.4 cm³/mol. The average molecular weight is 264 g/mol. The Bertz CT molecular complexity index is 516. The topological polar surface area (TPSA) is 69.3 Å². The van der Waals surface area contributed by atoms with Gasteiger partial charge in [-0.15, -0.1) is 0 Å². The number of aromatic nitrogens is 2. The van der Waals surface area contributed by atoms with E-state index in [0.29, 0.717) is 37.8 Å². The summed E-state index contributed by atoms with van der Waals surface area (Å²) in [6.45, 7) is 8.37. The van der Waals surface area contributed by atoms with Crippen LogP contribution in [0.2, 0.25) is 0 Å². The van der Waals surface area contributed by atoms with Crippen LogP contribution >= 0.6 is 0 Å². The fourth-order valence-corrected chi connectivity index (χ4v) is 2.15. The third kappa shape index (κ3) is 3.13. The summed E-state index contributed by atoms with van der Waals surface area (Å²) in [7, 11) is 0. The van der Waals surface area contributed by atoms with Crippen LogP contribution in [0.25, 0.3) is 0 Å². The van der Waals surface area contributed by atoms with Crippen molar-refractivity contribution in [2.24, 2.45) is 0 Å². The van der Waals surface area contributed by atoms with E-state index < -0.39 is 0 Å². The molecule has 1 fully saturated rings. The standard InChI is InChI=1S/C13H20N4O2/c1-9(2)13-14-11(8-12(19)15-13)17-6-4-16(5-7-17)10(3)18/h8-9H,4-7H2,1-3H3,(H,14,15,19). The van der Waals surface area contributed by atoms with Crippen molar-refractivity contribution in [2.45, 2.75) is 26.7 Å². The summed E-state index contributed by atoms with van der Waals surface area (Å²) in [6, 6.07) is 1.52. The van der Waals surface area contributed by atoms with Crippen LogP contribution in [0, 0.1) is 0 Å². The lowest BCUT2D eigenvalue weighted by atomic mass is 10.2. The molecular formula is C13H20N4O2. The van der Waals surface area contributed by atoms with Crippen LogP contribution in [0.1, 0.15) is 32.5 Å². The molecule has 0 aromatic carbocycles. The molecule has 0 unspecified atom stereocenters. The summed E-state index contributed by atoms with van der Waals surface area (Å²) in [6.07, 6.45) is 0. The molecule has 19 heavy (non-hydrogen) atoms. The number of amides is 1. The van der Waals surface area contributed by atoms with Gasteiger partial charge in [-0.05, 0) is 0 Å². The first-order valence-electron chi connectivity index (χ1n) is 6.59. The van der Waals surface area contributed by atoms with E-state index in [1.165, 1.54) is 6.07 Å². The molecule has 1 aliphatic heterocycles. The fraction of sp³-hybridized carbons (Fsp3) is 0.615. The molecule has 0 spiro atoms. The van der Waals surface area contributed by atoms with Crippen molar-refractivity contribution in [3.8, 4) is 0 Å². The predicted octanol–water partition coefficient (Wildman–Crippen LogP) is 0.562. The third-order valence-electron chi connectivity index (χ3n) is 3.34. The molecule has 1 aliphatic rings. The fourth-order valence-electron chi connectivity index (χ4n) is 2.15. The first-order valence-corrected chi connectivity index (χ1v) is 6.59. The number of hydrogen-bond donors (Lipinski definition) is 1. The molecule has 2 heterocycles. The molecule has 0 bridgehead atoms. The molecule has 1 aromatic heterocycles. The molecule has 0 radical (unpaired) electrons. The van der Waals surface area contributed by atoms with E-state index in [0.717, 1.165) is 0 Å². The van der Waals surface area contributed by atoms with Crippen molar-refractivity contribution in [1.82, 2.24) is 14.9 Å². The van der Waals surface area contributed by atoms with Gasteiger partial charge in [0.2, 0.25) is 5.91 Å². The highest BCUT2D eigenvalue weighted by atomic mass is 16.2. The van der Waals surface area contributed by atoms with Crippen LogP contribution < -0.4 is 10.5 Å². The molecule has 1 N–H and O–H groups in total. The first-order chi connectivity index (χ1) is 8.97. The molecule has 1 amide bonds. The summed E-state index contributed by atoms with van der Waals surface area (Å²) in [4.78, 5) is 34.0. The van der Waals surface area contributed by atoms with Gasteiger partial charge < -0.3 is 14.8 Å². The zero-order chi connectivity index (χ0) is 14.0. The lowest BCUT2D eigenvalue weighted by molar-refractivity contribution is -0.129. The second-order valence-electron chi connectivity index (χ2n) is 5.14. The van der Waals surface area contributed by atoms with Crippen molar-refractivity contribution < 1.29 is 4.79 Å². The number of nitrogens with one attached hydrogen (secondary N) is 1. The number of anilines is 1. The van der Waals surface area contributed by atoms with E-state index in [1.54, 1.807) is 6.92 Å². The molecule has 6 nitrogen and oxygen atoms in total. The normalized spacial score (nSPS) is 16.0. The lowest BCUT2D eigenvalue weighted by Crippen LogP contribution is -2.48. The van der Waals surface area contributed by atoms with Crippen LogP contribution in [0.4, 0.5) is 5.82 Å². The van der Waals surface area contributed by atoms with Crippen molar-refractivity contribution in [3.63, 3.8) is 0 Å². The maximum Gasteiger partial charge on any atom is 0.252 e. The summed E-state index contributed by atoms with van der Waals surface area (Å²) >= 11 is 0. The van der Waals surface area contributed by atoms with Crippen molar-refractivity contribution in [1.29, 1.82) is 0 Å². The second-order valence-corrected chi connectivity index (χ2v) is 5.14. The molecule has 0 aliphatic carbocycles. The summed E-state index contributed by atoms with van der Waals surface area (Å²) in [5, 5.41) is 0. The maximum atomic E-state index is 11.6. The highest BCUT2D eigenvalue weighted by Gasteiger charge is 2.20. The second kappa shape index (κ2) is 5.42. The van der Waals surface area contributed by atoms with Gasteiger partial charge in [-0.3, -0.25) is 9.59 Å². The smallest absolute Gasteiger partial charge is 0.252 e. The van der Waals surface area contributed by atoms with Gasteiger partial charge in [-0.1, -0.05) is 13.8 Å². The maximum absolute atomic E-state index is 11.6. The van der Waals surface area contributed by atoms with Gasteiger partial charge in [0.15, 0.2) is 0 Å². The van der Waals surface area contributed by atoms with Gasteiger partial charge >= 0.3 is 0 Å². The average Bonchev–Trinajstić information content (AvgIpc) is 2.38. The first kappa shape index (κ1) is 13.6. The van der Waals surface area contributed by atoms with Crippen LogP contribution in [0.15, 0.2) is 10.9 Å². The number of H-pyrrole nitrogens is 1. The Hall–Kier alpha value is -1.85. The van der Waals surface area contributed by atoms with Gasteiger partial charge in [0, 0.05) is 45.1 Å². The lowest BCUT2D eigenvalue weighted by Gasteiger charge is -2.34. The minimum absolute atomic E-state index is 0.0985. The van der Waals surface area contributed by atoms with E-state index >= 15 is 0 Å². The van der Waals surface area contributed by atoms with Crippen molar-refractivity contribution in [3.05, 3.63) is 22.2 Å². The van der Waals surface area contributed by atoms with E-state index in [-0.39, 0.29) is 17.4 Å². The molecule has 0 saturated carbocycles. The minimum atomic E-state index is -0.123. The van der Waals surface area contributed by atoms with Crippen LogP contribution in [-0.4, -0.2) is 47.0 Å². The Balaban J connectivity index is 2.15. The van der Waals surface area contributed by atoms with E-state index in [2.05, 4.69) is 14.9 Å². The molecular weight excluding hydrogens is 244 g/mol. The monoisotopic (exact) mass is 264 g/mol. The molecule has 0 atom stereocenters. The molecule has 6 heteroatoms. The highest BCUT2D eigenvalue weighted by Crippen LogP contribution is 2.15. The minimum Gasteiger partial charge on any atom is -0.353 e. The van der Waals surface area contributed by atoms with E-state index in [4.69, 9.17) is 0 Å². The van der Waals surface area contributed by atoms with E-state index in [9.17, 15) is 9.59 Å². The quantitative estimate of drug-likeness (QED) is 0.847. The Kier molecular flexibility index (Phi) is 3.87. The number of piperazine rings is 1. The number of rotatable bonds is 2. The Morgan fingerprint density at radius 2 is 1.95 bits per heavy atom. The van der Waals surface area contributed by atoms with Gasteiger partial charge in [0.25, 0.3) is 5.56 Å². The summed E-state index contributed by atoms with van der Waals surface area (Å²) in [5.74, 6) is 1.69. The number of hydrogen-bond acceptors (Lipinski definition) is 4. The Morgan fingerprint density at radius 1 is 1.32 bits per heavy atom. The van der Waals surface area contributed by atoms with E-state index in [1.807, 2.05) is 18.7 Å². The molecule has 2 rings (SSSR count). The highest BCUT2D eigenvalue weighted by molar-refractivity contribution is 5.73. The van der Waals surface area contributed by atoms with Gasteiger partial charge in [0.1, 0.15) is 11.6 Å². The largest absolute Gasteiger partial charge is 0.353 e. The Labute approximate surface area is 112 Å². The van der Waals surface area contributed by atoms with Crippen molar-refractivity contribution >= 4 is 11.7 Å². The third-order valence-corrected chi connectivity index (χ3v) is 3.34. The SMILES string of the molecule is CC(=O)N1CCN(c2cc(=O)[nH]c(C(C)C)n2)CC1. The molecule has 104 valence electrons. The van der Waals surface area contributed by atoms with Gasteiger partial charge in [0.05, 0.1) is 0 Å². The Morgan fingerprint density at radius 3 is 2.47 bits per heavy atom. The molecule has 1 aromatic rings. The van der Waals surface area contributed by atoms with Gasteiger partial charge in [-0.25, -0.2) is 4.98 Å². The zero-order valence-corrected chi connectivity index (χ0v) is 11.6. The number of nitrogens with zero attached hydrogens (tertiary/aromatic N) is 3. The van der Waals surface area contributed by atoms with Crippen LogP contribution in [0.3, 0.4) is 0 Å². The summed E-state index contributed by atoms with van der Waals surface area (Å²) < 4.78 is 0. The zero-order valence-electron chi connectivity index (χ0n) is 11.6. The summed E-state index contributed by atoms with van der Waals surface area (Å²) in [5.41, 5.74) is -0.123. The number of aromatic amines is 1. The number of carbonyl (C=O) groups is 1. The molecule has 1 saturated heterocycles. The van der Waals surface area contributed by atoms with Crippen LogP contribution in [0.5, 0.6) is 0 Å². The van der Waals surface area contributed by atoms with Gasteiger partial charge in [-0.2, -0.15) is 0 Å². The van der Waals surface area contributed by atoms with Crippen molar-refractivity contribution in [2.75, 3.05) is 31.1 Å².